The van der Waals surface area contributed by atoms with Crippen molar-refractivity contribution >= 4 is 0 Å². The van der Waals surface area contributed by atoms with Gasteiger partial charge in [-0.05, 0) is 63.9 Å². The van der Waals surface area contributed by atoms with E-state index in [4.69, 9.17) is 4.74 Å². The summed E-state index contributed by atoms with van der Waals surface area (Å²) in [6.45, 7) is 9.87. The van der Waals surface area contributed by atoms with Gasteiger partial charge in [-0.3, -0.25) is 0 Å². The van der Waals surface area contributed by atoms with Gasteiger partial charge in [0.25, 0.3) is 0 Å². The van der Waals surface area contributed by atoms with Gasteiger partial charge in [-0.1, -0.05) is 6.07 Å². The van der Waals surface area contributed by atoms with Gasteiger partial charge in [-0.2, -0.15) is 0 Å². The van der Waals surface area contributed by atoms with Crippen LogP contribution in [0.3, 0.4) is 0 Å². The third-order valence-electron chi connectivity index (χ3n) is 3.68. The van der Waals surface area contributed by atoms with Gasteiger partial charge in [0.2, 0.25) is 0 Å². The third-order valence-corrected chi connectivity index (χ3v) is 3.68. The summed E-state index contributed by atoms with van der Waals surface area (Å²) in [6.07, 6.45) is 1.10. The second kappa shape index (κ2) is 6.06. The maximum absolute atomic E-state index is 5.33. The zero-order valence-corrected chi connectivity index (χ0v) is 12.0. The first-order valence-electron chi connectivity index (χ1n) is 6.30. The second-order valence-corrected chi connectivity index (χ2v) is 5.00. The molecule has 0 atom stereocenters. The number of hydrogen-bond donors (Lipinski definition) is 0. The van der Waals surface area contributed by atoms with Crippen LogP contribution in [0.1, 0.15) is 30.5 Å². The molecule has 1 aromatic rings. The zero-order chi connectivity index (χ0) is 13.0. The molecule has 0 fully saturated rings. The Bertz CT molecular complexity index is 371. The molecule has 0 saturated carbocycles. The van der Waals surface area contributed by atoms with Crippen LogP contribution in [0.4, 0.5) is 0 Å². The summed E-state index contributed by atoms with van der Waals surface area (Å²) in [5, 5.41) is 0. The number of nitrogens with zero attached hydrogens (tertiary/aromatic N) is 1. The van der Waals surface area contributed by atoms with Gasteiger partial charge in [-0.25, -0.2) is 0 Å². The normalized spacial score (nSPS) is 11.3. The van der Waals surface area contributed by atoms with E-state index >= 15 is 0 Å². The lowest BCUT2D eigenvalue weighted by molar-refractivity contribution is 0.277. The molecular formula is C15H25NO. The lowest BCUT2D eigenvalue weighted by atomic mass is 10.00. The highest BCUT2D eigenvalue weighted by atomic mass is 16.5. The van der Waals surface area contributed by atoms with Crippen molar-refractivity contribution in [3.05, 3.63) is 28.8 Å². The summed E-state index contributed by atoms with van der Waals surface area (Å²) in [5.41, 5.74) is 4.05. The molecule has 0 spiro atoms. The van der Waals surface area contributed by atoms with Gasteiger partial charge in [0.05, 0.1) is 7.11 Å². The molecule has 0 unspecified atom stereocenters. The van der Waals surface area contributed by atoms with Crippen LogP contribution < -0.4 is 4.74 Å². The highest BCUT2D eigenvalue weighted by molar-refractivity contribution is 5.43. The van der Waals surface area contributed by atoms with E-state index in [1.54, 1.807) is 7.11 Å². The molecule has 0 aliphatic heterocycles. The first-order chi connectivity index (χ1) is 7.97. The average Bonchev–Trinajstić information content (AvgIpc) is 2.30. The SMILES string of the molecule is COc1ccc(CCN(C)C(C)C)c(C)c1C. The summed E-state index contributed by atoms with van der Waals surface area (Å²) in [6, 6.07) is 4.87. The van der Waals surface area contributed by atoms with Gasteiger partial charge in [0.1, 0.15) is 5.75 Å². The van der Waals surface area contributed by atoms with Crippen LogP contribution in [-0.2, 0) is 6.42 Å². The predicted molar refractivity (Wildman–Crippen MR) is 73.9 cm³/mol. The Morgan fingerprint density at radius 3 is 2.35 bits per heavy atom. The van der Waals surface area contributed by atoms with Crippen molar-refractivity contribution in [2.75, 3.05) is 20.7 Å². The molecule has 0 saturated heterocycles. The largest absolute Gasteiger partial charge is 0.496 e. The van der Waals surface area contributed by atoms with Crippen LogP contribution in [-0.4, -0.2) is 31.6 Å². The average molecular weight is 235 g/mol. The molecule has 0 amide bonds. The molecule has 0 aromatic heterocycles. The van der Waals surface area contributed by atoms with Crippen molar-refractivity contribution in [1.29, 1.82) is 0 Å². The molecule has 0 radical (unpaired) electrons. The summed E-state index contributed by atoms with van der Waals surface area (Å²) >= 11 is 0. The summed E-state index contributed by atoms with van der Waals surface area (Å²) < 4.78 is 5.33. The molecule has 2 nitrogen and oxygen atoms in total. The minimum atomic E-state index is 0.606. The number of likely N-dealkylation sites (N-methyl/N-ethyl adjacent to an activating group) is 1. The van der Waals surface area contributed by atoms with Gasteiger partial charge in [0.15, 0.2) is 0 Å². The highest BCUT2D eigenvalue weighted by Gasteiger charge is 2.08. The minimum Gasteiger partial charge on any atom is -0.496 e. The fourth-order valence-corrected chi connectivity index (χ4v) is 1.90. The Morgan fingerprint density at radius 2 is 1.82 bits per heavy atom. The third kappa shape index (κ3) is 3.47. The quantitative estimate of drug-likeness (QED) is 0.777. The van der Waals surface area contributed by atoms with Gasteiger partial charge >= 0.3 is 0 Å². The Morgan fingerprint density at radius 1 is 1.18 bits per heavy atom. The van der Waals surface area contributed by atoms with Crippen LogP contribution in [0.2, 0.25) is 0 Å². The monoisotopic (exact) mass is 235 g/mol. The first kappa shape index (κ1) is 14.0. The van der Waals surface area contributed by atoms with E-state index in [0.717, 1.165) is 18.7 Å². The number of methoxy groups -OCH3 is 1. The van der Waals surface area contributed by atoms with E-state index in [2.05, 4.69) is 51.8 Å². The summed E-state index contributed by atoms with van der Waals surface area (Å²) in [4.78, 5) is 2.37. The van der Waals surface area contributed by atoms with E-state index in [-0.39, 0.29) is 0 Å². The summed E-state index contributed by atoms with van der Waals surface area (Å²) in [5.74, 6) is 0.989. The van der Waals surface area contributed by atoms with Gasteiger partial charge in [0, 0.05) is 12.6 Å². The first-order valence-corrected chi connectivity index (χ1v) is 6.30. The van der Waals surface area contributed by atoms with Crippen LogP contribution in [0.25, 0.3) is 0 Å². The molecular weight excluding hydrogens is 210 g/mol. The Hall–Kier alpha value is -1.02. The molecule has 17 heavy (non-hydrogen) atoms. The molecule has 96 valence electrons. The van der Waals surface area contributed by atoms with E-state index in [9.17, 15) is 0 Å². The maximum Gasteiger partial charge on any atom is 0.122 e. The van der Waals surface area contributed by atoms with E-state index in [1.807, 2.05) is 0 Å². The minimum absolute atomic E-state index is 0.606. The molecule has 0 N–H and O–H groups in total. The number of ether oxygens (including phenoxy) is 1. The number of hydrogen-bond acceptors (Lipinski definition) is 2. The summed E-state index contributed by atoms with van der Waals surface area (Å²) in [7, 11) is 3.91. The standard InChI is InChI=1S/C15H25NO/c1-11(2)16(5)10-9-14-7-8-15(17-6)13(4)12(14)3/h7-8,11H,9-10H2,1-6H3. The highest BCUT2D eigenvalue weighted by Crippen LogP contribution is 2.24. The lowest BCUT2D eigenvalue weighted by Crippen LogP contribution is -2.28. The van der Waals surface area contributed by atoms with E-state index in [0.29, 0.717) is 6.04 Å². The second-order valence-electron chi connectivity index (χ2n) is 5.00. The Kier molecular flexibility index (Phi) is 5.01. The predicted octanol–water partition coefficient (Wildman–Crippen LogP) is 3.19. The van der Waals surface area contributed by atoms with Gasteiger partial charge < -0.3 is 9.64 Å². The van der Waals surface area contributed by atoms with Crippen molar-refractivity contribution < 1.29 is 4.74 Å². The lowest BCUT2D eigenvalue weighted by Gasteiger charge is -2.21. The van der Waals surface area contributed by atoms with Crippen LogP contribution in [0.5, 0.6) is 5.75 Å². The molecule has 1 rings (SSSR count). The van der Waals surface area contributed by atoms with E-state index in [1.165, 1.54) is 16.7 Å². The Labute approximate surface area is 106 Å². The molecule has 0 aliphatic carbocycles. The van der Waals surface area contributed by atoms with Crippen LogP contribution >= 0.6 is 0 Å². The maximum atomic E-state index is 5.33. The molecule has 0 aliphatic rings. The molecule has 2 heteroatoms. The van der Waals surface area contributed by atoms with E-state index < -0.39 is 0 Å². The van der Waals surface area contributed by atoms with Crippen LogP contribution in [0.15, 0.2) is 12.1 Å². The topological polar surface area (TPSA) is 12.5 Å². The van der Waals surface area contributed by atoms with Crippen molar-refractivity contribution in [1.82, 2.24) is 4.90 Å². The fourth-order valence-electron chi connectivity index (χ4n) is 1.90. The fraction of sp³-hybridized carbons (Fsp3) is 0.600. The van der Waals surface area contributed by atoms with Crippen molar-refractivity contribution in [2.45, 2.75) is 40.2 Å². The van der Waals surface area contributed by atoms with Crippen molar-refractivity contribution in [2.24, 2.45) is 0 Å². The van der Waals surface area contributed by atoms with Crippen LogP contribution in [0, 0.1) is 13.8 Å². The smallest absolute Gasteiger partial charge is 0.122 e. The molecule has 1 aromatic carbocycles. The molecule has 0 bridgehead atoms. The Balaban J connectivity index is 2.76. The number of rotatable bonds is 5. The molecule has 0 heterocycles. The number of benzene rings is 1. The van der Waals surface area contributed by atoms with Crippen molar-refractivity contribution in [3.63, 3.8) is 0 Å². The van der Waals surface area contributed by atoms with Crippen molar-refractivity contribution in [3.8, 4) is 5.75 Å². The van der Waals surface area contributed by atoms with Gasteiger partial charge in [-0.15, -0.1) is 0 Å². The zero-order valence-electron chi connectivity index (χ0n) is 12.0.